The fourth-order valence-electron chi connectivity index (χ4n) is 2.57. The van der Waals surface area contributed by atoms with Gasteiger partial charge in [-0.3, -0.25) is 9.59 Å². The maximum atomic E-state index is 12.1. The number of allylic oxidation sites excluding steroid dienone is 1. The van der Waals surface area contributed by atoms with E-state index in [1.807, 2.05) is 0 Å². The van der Waals surface area contributed by atoms with E-state index in [9.17, 15) is 14.9 Å². The van der Waals surface area contributed by atoms with Crippen LogP contribution in [0.5, 0.6) is 0 Å². The molecule has 132 valence electrons. The minimum atomic E-state index is -0.442. The fraction of sp³-hybridized carbons (Fsp3) is 0.167. The van der Waals surface area contributed by atoms with Crippen molar-refractivity contribution in [1.29, 1.82) is 5.26 Å². The number of rotatable bonds is 5. The summed E-state index contributed by atoms with van der Waals surface area (Å²) in [4.78, 5) is 24.1. The van der Waals surface area contributed by atoms with Gasteiger partial charge in [0.05, 0.1) is 34.6 Å². The highest BCUT2D eigenvalue weighted by Gasteiger charge is 2.31. The second-order valence-corrected chi connectivity index (χ2v) is 6.94. The lowest BCUT2D eigenvalue weighted by Crippen LogP contribution is -2.31. The van der Waals surface area contributed by atoms with Gasteiger partial charge in [-0.2, -0.15) is 5.26 Å². The van der Waals surface area contributed by atoms with Gasteiger partial charge in [-0.25, -0.2) is 0 Å². The summed E-state index contributed by atoms with van der Waals surface area (Å²) in [5.74, 6) is -0.335. The smallest absolute Gasteiger partial charge is 0.234 e. The van der Waals surface area contributed by atoms with Gasteiger partial charge in [0.25, 0.3) is 0 Å². The number of halogens is 1. The van der Waals surface area contributed by atoms with Crippen molar-refractivity contribution in [2.75, 3.05) is 11.1 Å². The molecule has 2 heterocycles. The molecule has 0 saturated heterocycles. The molecule has 1 aromatic heterocycles. The lowest BCUT2D eigenvalue weighted by atomic mass is 9.92. The third-order valence-corrected chi connectivity index (χ3v) is 4.95. The Balaban J connectivity index is 1.71. The van der Waals surface area contributed by atoms with Crippen molar-refractivity contribution in [2.24, 2.45) is 0 Å². The molecule has 8 heteroatoms. The zero-order valence-corrected chi connectivity index (χ0v) is 15.1. The standard InChI is InChI=1S/C18H14ClN3O3S/c19-11-3-1-4-12(7-11)21-17(24)10-26-18-14(9-20)13(8-16(23)22-18)15-5-2-6-25-15/h1-7,13H,8,10H2,(H,21,24)(H,22,23)/t13-/m0/s1. The van der Waals surface area contributed by atoms with E-state index in [-0.39, 0.29) is 24.0 Å². The van der Waals surface area contributed by atoms with Crippen LogP contribution in [0.1, 0.15) is 18.1 Å². The summed E-state index contributed by atoms with van der Waals surface area (Å²) in [6, 6.07) is 12.4. The highest BCUT2D eigenvalue weighted by atomic mass is 35.5. The first-order valence-corrected chi connectivity index (χ1v) is 9.09. The number of furan rings is 1. The molecule has 2 N–H and O–H groups in total. The molecule has 1 aromatic carbocycles. The second kappa shape index (κ2) is 8.13. The molecule has 0 unspecified atom stereocenters. The van der Waals surface area contributed by atoms with Crippen molar-refractivity contribution in [2.45, 2.75) is 12.3 Å². The summed E-state index contributed by atoms with van der Waals surface area (Å²) < 4.78 is 5.35. The number of carbonyl (C=O) groups excluding carboxylic acids is 2. The third kappa shape index (κ3) is 4.28. The fourth-order valence-corrected chi connectivity index (χ4v) is 3.63. The van der Waals surface area contributed by atoms with E-state index < -0.39 is 5.92 Å². The van der Waals surface area contributed by atoms with Gasteiger partial charge in [0.2, 0.25) is 11.8 Å². The van der Waals surface area contributed by atoms with Crippen molar-refractivity contribution >= 4 is 40.9 Å². The number of nitriles is 1. The monoisotopic (exact) mass is 387 g/mol. The first-order chi connectivity index (χ1) is 12.6. The molecule has 1 atom stereocenters. The molecule has 2 amide bonds. The highest BCUT2D eigenvalue weighted by Crippen LogP contribution is 2.36. The van der Waals surface area contributed by atoms with Crippen LogP contribution in [0.25, 0.3) is 0 Å². The van der Waals surface area contributed by atoms with Crippen LogP contribution in [0.15, 0.2) is 57.7 Å². The Kier molecular flexibility index (Phi) is 5.66. The molecule has 0 bridgehead atoms. The molecule has 1 aliphatic rings. The maximum Gasteiger partial charge on any atom is 0.234 e. The highest BCUT2D eigenvalue weighted by molar-refractivity contribution is 8.03. The Morgan fingerprint density at radius 1 is 1.42 bits per heavy atom. The van der Waals surface area contributed by atoms with E-state index in [1.54, 1.807) is 36.4 Å². The molecular formula is C18H14ClN3O3S. The normalized spacial score (nSPS) is 16.8. The molecule has 3 rings (SSSR count). The summed E-state index contributed by atoms with van der Waals surface area (Å²) in [5.41, 5.74) is 0.971. The van der Waals surface area contributed by atoms with Crippen molar-refractivity contribution < 1.29 is 14.0 Å². The van der Waals surface area contributed by atoms with Gasteiger partial charge in [0, 0.05) is 17.1 Å². The summed E-state index contributed by atoms with van der Waals surface area (Å²) in [5, 5.41) is 15.8. The van der Waals surface area contributed by atoms with E-state index in [4.69, 9.17) is 16.0 Å². The molecule has 2 aromatic rings. The number of hydrogen-bond donors (Lipinski definition) is 2. The third-order valence-electron chi connectivity index (χ3n) is 3.70. The van der Waals surface area contributed by atoms with Crippen molar-refractivity contribution in [3.8, 4) is 6.07 Å². The van der Waals surface area contributed by atoms with Crippen LogP contribution in [0.3, 0.4) is 0 Å². The lowest BCUT2D eigenvalue weighted by Gasteiger charge is -2.23. The number of carbonyl (C=O) groups is 2. The molecule has 0 aliphatic carbocycles. The van der Waals surface area contributed by atoms with Gasteiger partial charge in [-0.15, -0.1) is 0 Å². The van der Waals surface area contributed by atoms with Gasteiger partial charge in [-0.1, -0.05) is 29.4 Å². The SMILES string of the molecule is N#CC1=C(SCC(=O)Nc2cccc(Cl)c2)NC(=O)C[C@@H]1c1ccco1. The van der Waals surface area contributed by atoms with Crippen LogP contribution in [-0.4, -0.2) is 17.6 Å². The summed E-state index contributed by atoms with van der Waals surface area (Å²) >= 11 is 6.99. The molecule has 26 heavy (non-hydrogen) atoms. The predicted octanol–water partition coefficient (Wildman–Crippen LogP) is 3.64. The van der Waals surface area contributed by atoms with Crippen LogP contribution < -0.4 is 10.6 Å². The van der Waals surface area contributed by atoms with Crippen LogP contribution in [-0.2, 0) is 9.59 Å². The number of nitrogens with zero attached hydrogens (tertiary/aromatic N) is 1. The summed E-state index contributed by atoms with van der Waals surface area (Å²) in [6.45, 7) is 0. The van der Waals surface area contributed by atoms with Crippen LogP contribution >= 0.6 is 23.4 Å². The van der Waals surface area contributed by atoms with Gasteiger partial charge in [0.15, 0.2) is 0 Å². The Morgan fingerprint density at radius 3 is 2.96 bits per heavy atom. The molecule has 0 saturated carbocycles. The first-order valence-electron chi connectivity index (χ1n) is 7.72. The van der Waals surface area contributed by atoms with Gasteiger partial charge in [-0.05, 0) is 30.3 Å². The Bertz CT molecular complexity index is 903. The Morgan fingerprint density at radius 2 is 2.27 bits per heavy atom. The van der Waals surface area contributed by atoms with Crippen molar-refractivity contribution in [3.05, 3.63) is 64.0 Å². The average Bonchev–Trinajstić information content (AvgIpc) is 3.14. The van der Waals surface area contributed by atoms with E-state index in [2.05, 4.69) is 16.7 Å². The van der Waals surface area contributed by atoms with E-state index in [0.29, 0.717) is 27.1 Å². The molecule has 0 radical (unpaired) electrons. The predicted molar refractivity (Wildman–Crippen MR) is 99.4 cm³/mol. The number of hydrogen-bond acceptors (Lipinski definition) is 5. The average molecular weight is 388 g/mol. The maximum absolute atomic E-state index is 12.1. The van der Waals surface area contributed by atoms with Gasteiger partial charge in [0.1, 0.15) is 5.76 Å². The molecule has 0 spiro atoms. The first kappa shape index (κ1) is 18.1. The lowest BCUT2D eigenvalue weighted by molar-refractivity contribution is -0.121. The Labute approximate surface area is 159 Å². The van der Waals surface area contributed by atoms with Crippen LogP contribution in [0, 0.1) is 11.3 Å². The minimum Gasteiger partial charge on any atom is -0.469 e. The minimum absolute atomic E-state index is 0.0399. The molecule has 1 aliphatic heterocycles. The van der Waals surface area contributed by atoms with E-state index >= 15 is 0 Å². The summed E-state index contributed by atoms with van der Waals surface area (Å²) in [7, 11) is 0. The molecule has 6 nitrogen and oxygen atoms in total. The number of nitrogens with one attached hydrogen (secondary N) is 2. The molecule has 0 fully saturated rings. The topological polar surface area (TPSA) is 95.1 Å². The number of anilines is 1. The summed E-state index contributed by atoms with van der Waals surface area (Å²) in [6.07, 6.45) is 1.64. The van der Waals surface area contributed by atoms with Crippen LogP contribution in [0.2, 0.25) is 5.02 Å². The zero-order chi connectivity index (χ0) is 18.5. The zero-order valence-electron chi connectivity index (χ0n) is 13.5. The number of thioether (sulfide) groups is 1. The van der Waals surface area contributed by atoms with Crippen molar-refractivity contribution in [1.82, 2.24) is 5.32 Å². The molecular weight excluding hydrogens is 374 g/mol. The Hall–Kier alpha value is -2.69. The quantitative estimate of drug-likeness (QED) is 0.816. The van der Waals surface area contributed by atoms with Gasteiger partial charge >= 0.3 is 0 Å². The number of amides is 2. The van der Waals surface area contributed by atoms with E-state index in [0.717, 1.165) is 11.8 Å². The van der Waals surface area contributed by atoms with Gasteiger partial charge < -0.3 is 15.1 Å². The largest absolute Gasteiger partial charge is 0.469 e. The number of benzene rings is 1. The second-order valence-electron chi connectivity index (χ2n) is 5.52. The van der Waals surface area contributed by atoms with Crippen molar-refractivity contribution in [3.63, 3.8) is 0 Å². The van der Waals surface area contributed by atoms with E-state index in [1.165, 1.54) is 6.26 Å². The van der Waals surface area contributed by atoms with Crippen LogP contribution in [0.4, 0.5) is 5.69 Å².